The summed E-state index contributed by atoms with van der Waals surface area (Å²) in [6.07, 6.45) is 4.86. The van der Waals surface area contributed by atoms with Crippen molar-refractivity contribution in [2.45, 2.75) is 37.9 Å². The molecule has 2 aromatic carbocycles. The van der Waals surface area contributed by atoms with Crippen molar-refractivity contribution >= 4 is 40.7 Å². The molecule has 0 aliphatic carbocycles. The fourth-order valence-electron chi connectivity index (χ4n) is 5.21. The van der Waals surface area contributed by atoms with E-state index in [0.29, 0.717) is 22.8 Å². The highest BCUT2D eigenvalue weighted by Gasteiger charge is 2.61. The van der Waals surface area contributed by atoms with Crippen LogP contribution in [0.3, 0.4) is 0 Å². The maximum Gasteiger partial charge on any atom is 0.256 e. The minimum absolute atomic E-state index is 0.115. The highest BCUT2D eigenvalue weighted by atomic mass is 35.5. The number of aromatic nitrogens is 3. The molecule has 3 heterocycles. The van der Waals surface area contributed by atoms with Gasteiger partial charge < -0.3 is 9.80 Å². The number of amides is 1. The van der Waals surface area contributed by atoms with Crippen LogP contribution in [0.15, 0.2) is 54.9 Å². The van der Waals surface area contributed by atoms with Gasteiger partial charge in [0.25, 0.3) is 5.91 Å². The molecule has 1 amide bonds. The molecule has 9 heteroatoms. The fourth-order valence-corrected chi connectivity index (χ4v) is 5.82. The second kappa shape index (κ2) is 7.39. The summed E-state index contributed by atoms with van der Waals surface area (Å²) in [6.45, 7) is 4.84. The number of para-hydroxylation sites is 2. The number of anilines is 2. The van der Waals surface area contributed by atoms with E-state index in [4.69, 9.17) is 23.4 Å². The van der Waals surface area contributed by atoms with Crippen molar-refractivity contribution in [3.8, 4) is 5.69 Å². The van der Waals surface area contributed by atoms with Crippen molar-refractivity contribution in [3.05, 3.63) is 65.4 Å². The summed E-state index contributed by atoms with van der Waals surface area (Å²) in [5.41, 5.74) is 1.79. The third kappa shape index (κ3) is 2.77. The van der Waals surface area contributed by atoms with Crippen LogP contribution < -0.4 is 9.32 Å². The minimum Gasteiger partial charge on any atom is -0.347 e. The maximum atomic E-state index is 14.0. The predicted octanol–water partition coefficient (Wildman–Crippen LogP) is 4.74. The number of fused-ring (bicyclic) bond motifs is 1. The Balaban J connectivity index is 1.59. The van der Waals surface area contributed by atoms with Crippen LogP contribution in [-0.4, -0.2) is 50.6 Å². The van der Waals surface area contributed by atoms with Gasteiger partial charge >= 0.3 is 0 Å². The van der Waals surface area contributed by atoms with Crippen molar-refractivity contribution in [3.63, 3.8) is 0 Å². The van der Waals surface area contributed by atoms with Gasteiger partial charge in [0.2, 0.25) is 0 Å². The lowest BCUT2D eigenvalue weighted by Gasteiger charge is -2.53. The molecule has 0 saturated carbocycles. The molecular weight excluding hydrogens is 447 g/mol. The van der Waals surface area contributed by atoms with Crippen LogP contribution in [-0.2, 0) is 0 Å². The first-order valence-electron chi connectivity index (χ1n) is 10.6. The molecule has 1 unspecified atom stereocenters. The third-order valence-corrected chi connectivity index (χ3v) is 7.97. The summed E-state index contributed by atoms with van der Waals surface area (Å²) in [7, 11) is 2.03. The van der Waals surface area contributed by atoms with Gasteiger partial charge in [-0.1, -0.05) is 23.7 Å². The molecule has 0 radical (unpaired) electrons. The van der Waals surface area contributed by atoms with Gasteiger partial charge in [-0.2, -0.15) is 15.0 Å². The Morgan fingerprint density at radius 3 is 2.41 bits per heavy atom. The standard InChI is InChI=1S/C23H24Cl2N6O/c1-22(23(2)28(3)19-7-4-5-8-20(19)30(23)25)11-6-14-29(22)21(32)17-15-16(24)9-10-18(17)31-26-12-13-27-31/h4-5,7-10,12-13,15H,6,11,14H2,1-3H3/t22-,23?/m0/s1. The van der Waals surface area contributed by atoms with Gasteiger partial charge in [0.15, 0.2) is 0 Å². The molecule has 5 rings (SSSR count). The second-order valence-electron chi connectivity index (χ2n) is 8.66. The van der Waals surface area contributed by atoms with E-state index in [2.05, 4.69) is 35.0 Å². The molecule has 1 saturated heterocycles. The van der Waals surface area contributed by atoms with E-state index in [9.17, 15) is 4.79 Å². The summed E-state index contributed by atoms with van der Waals surface area (Å²) in [5.74, 6) is -0.115. The highest BCUT2D eigenvalue weighted by molar-refractivity contribution is 6.31. The monoisotopic (exact) mass is 470 g/mol. The molecule has 1 aromatic heterocycles. The second-order valence-corrected chi connectivity index (χ2v) is 9.44. The van der Waals surface area contributed by atoms with Crippen molar-refractivity contribution < 1.29 is 4.79 Å². The first kappa shape index (κ1) is 21.1. The first-order chi connectivity index (χ1) is 15.3. The Morgan fingerprint density at radius 2 is 1.72 bits per heavy atom. The lowest BCUT2D eigenvalue weighted by atomic mass is 9.83. The number of rotatable bonds is 3. The van der Waals surface area contributed by atoms with E-state index >= 15 is 0 Å². The van der Waals surface area contributed by atoms with E-state index in [-0.39, 0.29) is 5.91 Å². The lowest BCUT2D eigenvalue weighted by molar-refractivity contribution is 0.0466. The molecule has 32 heavy (non-hydrogen) atoms. The normalized spacial score (nSPS) is 24.8. The van der Waals surface area contributed by atoms with Crippen LogP contribution in [0.2, 0.25) is 5.02 Å². The van der Waals surface area contributed by atoms with Crippen LogP contribution in [0.25, 0.3) is 5.69 Å². The van der Waals surface area contributed by atoms with E-state index in [1.807, 2.05) is 30.1 Å². The molecular formula is C23H24Cl2N6O. The van der Waals surface area contributed by atoms with E-state index < -0.39 is 11.2 Å². The number of likely N-dealkylation sites (tertiary alicyclic amines) is 1. The van der Waals surface area contributed by atoms with Crippen LogP contribution in [0.5, 0.6) is 0 Å². The van der Waals surface area contributed by atoms with Gasteiger partial charge in [-0.3, -0.25) is 9.21 Å². The smallest absolute Gasteiger partial charge is 0.256 e. The van der Waals surface area contributed by atoms with Crippen molar-refractivity contribution in [2.24, 2.45) is 0 Å². The largest absolute Gasteiger partial charge is 0.347 e. The molecule has 1 fully saturated rings. The Labute approximate surface area is 197 Å². The van der Waals surface area contributed by atoms with Gasteiger partial charge in [0, 0.05) is 30.4 Å². The molecule has 0 spiro atoms. The minimum atomic E-state index is -0.660. The van der Waals surface area contributed by atoms with Gasteiger partial charge in [0.05, 0.1) is 40.6 Å². The zero-order chi connectivity index (χ0) is 22.7. The molecule has 3 aromatic rings. The fraction of sp³-hybridized carbons (Fsp3) is 0.348. The van der Waals surface area contributed by atoms with E-state index in [1.54, 1.807) is 35.0 Å². The summed E-state index contributed by atoms with van der Waals surface area (Å²) < 4.78 is 1.78. The molecule has 7 nitrogen and oxygen atoms in total. The number of likely N-dealkylation sites (N-methyl/N-ethyl adjacent to an activating group) is 1. The highest BCUT2D eigenvalue weighted by Crippen LogP contribution is 2.54. The summed E-state index contributed by atoms with van der Waals surface area (Å²) in [6, 6.07) is 13.2. The number of carbonyl (C=O) groups excluding carboxylic acids is 1. The summed E-state index contributed by atoms with van der Waals surface area (Å²) in [4.78, 5) is 19.6. The van der Waals surface area contributed by atoms with Gasteiger partial charge in [-0.25, -0.2) is 0 Å². The topological polar surface area (TPSA) is 57.5 Å². The van der Waals surface area contributed by atoms with Gasteiger partial charge in [-0.15, -0.1) is 0 Å². The molecule has 2 aliphatic rings. The van der Waals surface area contributed by atoms with Crippen molar-refractivity contribution in [2.75, 3.05) is 22.9 Å². The summed E-state index contributed by atoms with van der Waals surface area (Å²) in [5, 5.41) is 8.92. The number of benzene rings is 2. The van der Waals surface area contributed by atoms with Crippen LogP contribution in [0.4, 0.5) is 11.4 Å². The number of hydrogen-bond acceptors (Lipinski definition) is 5. The predicted molar refractivity (Wildman–Crippen MR) is 127 cm³/mol. The average molecular weight is 471 g/mol. The number of halogens is 2. The lowest BCUT2D eigenvalue weighted by Crippen LogP contribution is -2.70. The Bertz CT molecular complexity index is 1150. The van der Waals surface area contributed by atoms with Gasteiger partial charge in [-0.05, 0) is 57.0 Å². The molecule has 0 N–H and O–H groups in total. The Hall–Kier alpha value is -2.77. The van der Waals surface area contributed by atoms with Crippen LogP contribution in [0, 0.1) is 0 Å². The Kier molecular flexibility index (Phi) is 4.87. The average Bonchev–Trinajstić information content (AvgIpc) is 3.51. The third-order valence-electron chi connectivity index (χ3n) is 7.22. The number of carbonyl (C=O) groups is 1. The van der Waals surface area contributed by atoms with Crippen molar-refractivity contribution in [1.82, 2.24) is 19.9 Å². The molecule has 2 atom stereocenters. The van der Waals surface area contributed by atoms with Gasteiger partial charge in [0.1, 0.15) is 5.66 Å². The number of hydrogen-bond donors (Lipinski definition) is 0. The summed E-state index contributed by atoms with van der Waals surface area (Å²) >= 11 is 13.3. The molecule has 0 bridgehead atoms. The maximum absolute atomic E-state index is 14.0. The van der Waals surface area contributed by atoms with Crippen molar-refractivity contribution in [1.29, 1.82) is 0 Å². The first-order valence-corrected chi connectivity index (χ1v) is 11.3. The molecule has 166 valence electrons. The quantitative estimate of drug-likeness (QED) is 0.517. The molecule has 2 aliphatic heterocycles. The SMILES string of the molecule is CN1c2ccccc2N(Cl)C1(C)[C@]1(C)CCCN1C(=O)c1cc(Cl)ccc1-n1nccn1. The van der Waals surface area contributed by atoms with Crippen LogP contribution >= 0.6 is 23.4 Å². The Morgan fingerprint density at radius 1 is 1.03 bits per heavy atom. The zero-order valence-corrected chi connectivity index (χ0v) is 19.7. The van der Waals surface area contributed by atoms with E-state index in [1.165, 1.54) is 4.80 Å². The zero-order valence-electron chi connectivity index (χ0n) is 18.2. The number of nitrogens with zero attached hydrogens (tertiary/aromatic N) is 6. The van der Waals surface area contributed by atoms with Crippen LogP contribution in [0.1, 0.15) is 37.0 Å². The van der Waals surface area contributed by atoms with E-state index in [0.717, 1.165) is 24.2 Å².